The Morgan fingerprint density at radius 1 is 1.18 bits per heavy atom. The van der Waals surface area contributed by atoms with Gasteiger partial charge in [-0.1, -0.05) is 30.3 Å². The summed E-state index contributed by atoms with van der Waals surface area (Å²) < 4.78 is 5.10. The summed E-state index contributed by atoms with van der Waals surface area (Å²) in [4.78, 5) is 44.5. The molecule has 9 nitrogen and oxygen atoms in total. The molecule has 1 fully saturated rings. The number of hydrogen-bond acceptors (Lipinski definition) is 5. The van der Waals surface area contributed by atoms with Gasteiger partial charge in [-0.05, 0) is 23.6 Å². The first-order valence-electron chi connectivity index (χ1n) is 10.9. The monoisotopic (exact) mass is 448 g/mol. The third kappa shape index (κ3) is 3.54. The van der Waals surface area contributed by atoms with Gasteiger partial charge in [-0.2, -0.15) is 0 Å². The zero-order valence-corrected chi connectivity index (χ0v) is 18.2. The number of H-pyrrole nitrogens is 1. The maximum Gasteiger partial charge on any atom is 0.269 e. The normalized spacial score (nSPS) is 20.2. The van der Waals surface area contributed by atoms with E-state index in [2.05, 4.69) is 4.98 Å². The number of methoxy groups -OCH3 is 1. The number of non-ortho nitro benzene ring substituents is 1. The summed E-state index contributed by atoms with van der Waals surface area (Å²) >= 11 is 0. The minimum atomic E-state index is -0.662. The first-order chi connectivity index (χ1) is 16.0. The molecule has 2 aromatic carbocycles. The number of aromatic amines is 1. The number of para-hydroxylation sites is 1. The largest absolute Gasteiger partial charge is 0.385 e. The van der Waals surface area contributed by atoms with Gasteiger partial charge in [0.05, 0.1) is 17.5 Å². The summed E-state index contributed by atoms with van der Waals surface area (Å²) in [7, 11) is 1.61. The molecular formula is C24H24N4O5. The average molecular weight is 448 g/mol. The molecule has 2 amide bonds. The van der Waals surface area contributed by atoms with Crippen LogP contribution in [-0.4, -0.2) is 64.4 Å². The van der Waals surface area contributed by atoms with Gasteiger partial charge in [0, 0.05) is 55.4 Å². The zero-order valence-electron chi connectivity index (χ0n) is 18.2. The van der Waals surface area contributed by atoms with E-state index in [1.807, 2.05) is 24.3 Å². The van der Waals surface area contributed by atoms with Crippen LogP contribution in [0, 0.1) is 10.1 Å². The lowest BCUT2D eigenvalue weighted by Gasteiger charge is -2.47. The van der Waals surface area contributed by atoms with Crippen molar-refractivity contribution in [3.8, 4) is 0 Å². The fourth-order valence-electron chi connectivity index (χ4n) is 5.07. The third-order valence-electron chi connectivity index (χ3n) is 6.52. The molecular weight excluding hydrogens is 424 g/mol. The molecule has 2 atom stereocenters. The van der Waals surface area contributed by atoms with Crippen molar-refractivity contribution in [2.75, 3.05) is 26.8 Å². The van der Waals surface area contributed by atoms with Crippen LogP contribution in [-0.2, 0) is 20.7 Å². The van der Waals surface area contributed by atoms with Gasteiger partial charge >= 0.3 is 0 Å². The molecule has 5 rings (SSSR count). The van der Waals surface area contributed by atoms with Gasteiger partial charge in [-0.15, -0.1) is 0 Å². The Balaban J connectivity index is 1.63. The fraction of sp³-hybridized carbons (Fsp3) is 0.333. The van der Waals surface area contributed by atoms with Gasteiger partial charge in [-0.25, -0.2) is 0 Å². The lowest BCUT2D eigenvalue weighted by atomic mass is 9.86. The van der Waals surface area contributed by atoms with Gasteiger partial charge in [-0.3, -0.25) is 19.7 Å². The molecule has 1 N–H and O–H groups in total. The Morgan fingerprint density at radius 3 is 2.79 bits per heavy atom. The molecule has 1 saturated heterocycles. The first kappa shape index (κ1) is 21.1. The number of ether oxygens (including phenoxy) is 1. The van der Waals surface area contributed by atoms with Crippen molar-refractivity contribution in [3.63, 3.8) is 0 Å². The van der Waals surface area contributed by atoms with Crippen molar-refractivity contribution in [2.45, 2.75) is 24.9 Å². The van der Waals surface area contributed by atoms with Crippen LogP contribution in [0.4, 0.5) is 5.69 Å². The van der Waals surface area contributed by atoms with Gasteiger partial charge in [0.1, 0.15) is 6.04 Å². The van der Waals surface area contributed by atoms with Crippen molar-refractivity contribution >= 4 is 28.4 Å². The average Bonchev–Trinajstić information content (AvgIpc) is 3.19. The Kier molecular flexibility index (Phi) is 5.33. The van der Waals surface area contributed by atoms with E-state index in [-0.39, 0.29) is 24.0 Å². The van der Waals surface area contributed by atoms with E-state index in [0.29, 0.717) is 31.6 Å². The number of nitro benzene ring substituents is 1. The van der Waals surface area contributed by atoms with Crippen LogP contribution in [0.3, 0.4) is 0 Å². The molecule has 9 heteroatoms. The van der Waals surface area contributed by atoms with Gasteiger partial charge in [0.15, 0.2) is 0 Å². The second kappa shape index (κ2) is 8.32. The smallest absolute Gasteiger partial charge is 0.269 e. The number of nitrogens with one attached hydrogen (secondary N) is 1. The van der Waals surface area contributed by atoms with Crippen molar-refractivity contribution in [1.29, 1.82) is 0 Å². The number of benzene rings is 2. The first-order valence-corrected chi connectivity index (χ1v) is 10.9. The quantitative estimate of drug-likeness (QED) is 0.354. The maximum absolute atomic E-state index is 13.5. The molecule has 0 bridgehead atoms. The van der Waals surface area contributed by atoms with Crippen LogP contribution < -0.4 is 0 Å². The van der Waals surface area contributed by atoms with Crippen molar-refractivity contribution in [2.24, 2.45) is 0 Å². The van der Waals surface area contributed by atoms with E-state index in [1.54, 1.807) is 29.0 Å². The van der Waals surface area contributed by atoms with E-state index in [9.17, 15) is 19.7 Å². The predicted octanol–water partition coefficient (Wildman–Crippen LogP) is 2.80. The fourth-order valence-corrected chi connectivity index (χ4v) is 5.07. The SMILES string of the molecule is COCCCN1CC(=O)N2C(c3cccc([N+](=O)[O-])c3)c3[nH]c4ccccc4c3C[C@@H]2C1=O. The van der Waals surface area contributed by atoms with Crippen molar-refractivity contribution in [1.82, 2.24) is 14.8 Å². The number of carbonyl (C=O) groups is 2. The second-order valence-corrected chi connectivity index (χ2v) is 8.44. The summed E-state index contributed by atoms with van der Waals surface area (Å²) in [5, 5.41) is 12.4. The number of rotatable bonds is 6. The summed E-state index contributed by atoms with van der Waals surface area (Å²) in [5.74, 6) is -0.269. The molecule has 0 aliphatic carbocycles. The summed E-state index contributed by atoms with van der Waals surface area (Å²) in [6.07, 6.45) is 1.05. The van der Waals surface area contributed by atoms with E-state index in [1.165, 1.54) is 12.1 Å². The molecule has 0 radical (unpaired) electrons. The number of hydrogen-bond donors (Lipinski definition) is 1. The number of carbonyl (C=O) groups excluding carboxylic acids is 2. The van der Waals surface area contributed by atoms with E-state index in [0.717, 1.165) is 22.2 Å². The highest BCUT2D eigenvalue weighted by atomic mass is 16.6. The Labute approximate surface area is 190 Å². The number of amides is 2. The topological polar surface area (TPSA) is 109 Å². The minimum absolute atomic E-state index is 0.0139. The number of aromatic nitrogens is 1. The van der Waals surface area contributed by atoms with Crippen molar-refractivity contribution < 1.29 is 19.2 Å². The third-order valence-corrected chi connectivity index (χ3v) is 6.52. The summed E-state index contributed by atoms with van der Waals surface area (Å²) in [5.41, 5.74) is 3.25. The molecule has 1 aromatic heterocycles. The van der Waals surface area contributed by atoms with Gasteiger partial charge in [0.25, 0.3) is 5.69 Å². The molecule has 33 heavy (non-hydrogen) atoms. The molecule has 2 aliphatic rings. The predicted molar refractivity (Wildman–Crippen MR) is 121 cm³/mol. The molecule has 3 heterocycles. The van der Waals surface area contributed by atoms with Crippen LogP contribution in [0.2, 0.25) is 0 Å². The highest BCUT2D eigenvalue weighted by Crippen LogP contribution is 2.43. The molecule has 0 spiro atoms. The van der Waals surface area contributed by atoms with Gasteiger partial charge < -0.3 is 19.5 Å². The number of piperazine rings is 1. The number of fused-ring (bicyclic) bond motifs is 4. The highest BCUT2D eigenvalue weighted by Gasteiger charge is 2.48. The number of nitro groups is 1. The molecule has 0 saturated carbocycles. The van der Waals surface area contributed by atoms with Crippen molar-refractivity contribution in [3.05, 3.63) is 75.5 Å². The molecule has 170 valence electrons. The van der Waals surface area contributed by atoms with E-state index >= 15 is 0 Å². The van der Waals surface area contributed by atoms with Crippen LogP contribution in [0.15, 0.2) is 48.5 Å². The maximum atomic E-state index is 13.5. The lowest BCUT2D eigenvalue weighted by molar-refractivity contribution is -0.384. The van der Waals surface area contributed by atoms with E-state index < -0.39 is 17.0 Å². The molecule has 1 unspecified atom stereocenters. The Hall–Kier alpha value is -3.72. The minimum Gasteiger partial charge on any atom is -0.385 e. The standard InChI is InChI=1S/C24H24N4O5/c1-33-11-5-10-26-14-21(29)27-20(24(26)30)13-18-17-8-2-3-9-19(17)25-22(18)23(27)15-6-4-7-16(12-15)28(31)32/h2-4,6-9,12,20,23,25H,5,10-11,13-14H2,1H3/t20-,23?/m1/s1. The van der Waals surface area contributed by atoms with Crippen LogP contribution in [0.1, 0.15) is 29.3 Å². The van der Waals surface area contributed by atoms with Crippen LogP contribution >= 0.6 is 0 Å². The lowest BCUT2D eigenvalue weighted by Crippen LogP contribution is -2.63. The highest BCUT2D eigenvalue weighted by molar-refractivity contribution is 5.97. The molecule has 2 aliphatic heterocycles. The Morgan fingerprint density at radius 2 is 2.00 bits per heavy atom. The number of nitrogens with zero attached hydrogens (tertiary/aromatic N) is 3. The van der Waals surface area contributed by atoms with Gasteiger partial charge in [0.2, 0.25) is 11.8 Å². The summed E-state index contributed by atoms with van der Waals surface area (Å²) in [6.45, 7) is 0.945. The van der Waals surface area contributed by atoms with Crippen LogP contribution in [0.25, 0.3) is 10.9 Å². The second-order valence-electron chi connectivity index (χ2n) is 8.44. The zero-order chi connectivity index (χ0) is 23.1. The van der Waals surface area contributed by atoms with Crippen LogP contribution in [0.5, 0.6) is 0 Å². The summed E-state index contributed by atoms with van der Waals surface area (Å²) in [6, 6.07) is 12.9. The van der Waals surface area contributed by atoms with E-state index in [4.69, 9.17) is 4.74 Å². The Bertz CT molecular complexity index is 1250. The molecule has 3 aromatic rings.